The van der Waals surface area contributed by atoms with E-state index in [1.54, 1.807) is 0 Å². The van der Waals surface area contributed by atoms with Crippen molar-refractivity contribution in [1.82, 2.24) is 10.6 Å². The van der Waals surface area contributed by atoms with Crippen LogP contribution in [0.1, 0.15) is 55.7 Å². The third-order valence-corrected chi connectivity index (χ3v) is 6.35. The molecule has 0 bridgehead atoms. The van der Waals surface area contributed by atoms with Crippen LogP contribution in [0.15, 0.2) is 18.2 Å². The van der Waals surface area contributed by atoms with Gasteiger partial charge in [0.15, 0.2) is 0 Å². The minimum atomic E-state index is -4.50. The lowest BCUT2D eigenvalue weighted by Crippen LogP contribution is -2.55. The van der Waals surface area contributed by atoms with Gasteiger partial charge in [-0.05, 0) is 50.7 Å². The fraction of sp³-hybridized carbons (Fsp3) is 0.619. The second kappa shape index (κ2) is 7.54. The second-order valence-electron chi connectivity index (χ2n) is 8.36. The second-order valence-corrected chi connectivity index (χ2v) is 8.36. The molecule has 2 heterocycles. The van der Waals surface area contributed by atoms with Crippen molar-refractivity contribution >= 4 is 11.8 Å². The highest BCUT2D eigenvalue weighted by Crippen LogP contribution is 2.45. The summed E-state index contributed by atoms with van der Waals surface area (Å²) < 4.78 is 44.8. The Balaban J connectivity index is 1.53. The molecular formula is C21H25F3N2O3. The highest BCUT2D eigenvalue weighted by atomic mass is 19.4. The van der Waals surface area contributed by atoms with Crippen molar-refractivity contribution in [2.75, 3.05) is 0 Å². The highest BCUT2D eigenvalue weighted by molar-refractivity contribution is 6.01. The van der Waals surface area contributed by atoms with E-state index in [0.717, 1.165) is 42.6 Å². The molecule has 0 aromatic heterocycles. The molecule has 5 nitrogen and oxygen atoms in total. The summed E-state index contributed by atoms with van der Waals surface area (Å²) in [5.74, 6) is -1.63. The number of aryl methyl sites for hydroxylation is 1. The predicted octanol–water partition coefficient (Wildman–Crippen LogP) is 3.56. The van der Waals surface area contributed by atoms with Crippen molar-refractivity contribution in [1.29, 1.82) is 0 Å². The third kappa shape index (κ3) is 3.94. The number of nitrogens with one attached hydrogen (secondary N) is 2. The maximum atomic E-state index is 12.9. The molecule has 2 amide bonds. The molecule has 0 radical (unpaired) electrons. The van der Waals surface area contributed by atoms with Crippen LogP contribution in [0, 0.1) is 18.8 Å². The number of carbonyl (C=O) groups is 2. The van der Waals surface area contributed by atoms with Gasteiger partial charge in [0, 0.05) is 11.5 Å². The SMILES string of the molecule is Cc1ccc2c(c1)O[C@@H]1CCCC[C@H]1[C@H]2NC(=O)C1CCC(C(F)(F)F)NC1=O. The van der Waals surface area contributed by atoms with Gasteiger partial charge in [0.05, 0.1) is 6.04 Å². The Hall–Kier alpha value is -2.25. The summed E-state index contributed by atoms with van der Waals surface area (Å²) in [6, 6.07) is 3.65. The van der Waals surface area contributed by atoms with Crippen molar-refractivity contribution in [2.45, 2.75) is 69.8 Å². The van der Waals surface area contributed by atoms with E-state index in [1.807, 2.05) is 30.4 Å². The van der Waals surface area contributed by atoms with Gasteiger partial charge in [-0.3, -0.25) is 9.59 Å². The molecule has 158 valence electrons. The van der Waals surface area contributed by atoms with Gasteiger partial charge >= 0.3 is 6.18 Å². The quantitative estimate of drug-likeness (QED) is 0.733. The van der Waals surface area contributed by atoms with Crippen LogP contribution >= 0.6 is 0 Å². The van der Waals surface area contributed by atoms with E-state index in [1.165, 1.54) is 0 Å². The lowest BCUT2D eigenvalue weighted by atomic mass is 9.76. The van der Waals surface area contributed by atoms with E-state index in [9.17, 15) is 22.8 Å². The van der Waals surface area contributed by atoms with Gasteiger partial charge in [-0.25, -0.2) is 0 Å². The molecule has 3 aliphatic rings. The predicted molar refractivity (Wildman–Crippen MR) is 99.1 cm³/mol. The van der Waals surface area contributed by atoms with Crippen LogP contribution in [0.3, 0.4) is 0 Å². The summed E-state index contributed by atoms with van der Waals surface area (Å²) in [5.41, 5.74) is 1.92. The van der Waals surface area contributed by atoms with Crippen molar-refractivity contribution in [3.63, 3.8) is 0 Å². The zero-order valence-corrected chi connectivity index (χ0v) is 16.2. The monoisotopic (exact) mass is 410 g/mol. The Labute approximate surface area is 167 Å². The Morgan fingerprint density at radius 1 is 1.17 bits per heavy atom. The van der Waals surface area contributed by atoms with Gasteiger partial charge in [0.2, 0.25) is 11.8 Å². The number of alkyl halides is 3. The molecule has 1 aromatic carbocycles. The van der Waals surface area contributed by atoms with Gasteiger partial charge in [-0.2, -0.15) is 13.2 Å². The summed E-state index contributed by atoms with van der Waals surface area (Å²) in [5, 5.41) is 4.94. The van der Waals surface area contributed by atoms with E-state index in [4.69, 9.17) is 4.74 Å². The molecule has 29 heavy (non-hydrogen) atoms. The van der Waals surface area contributed by atoms with Crippen LogP contribution in [0.25, 0.3) is 0 Å². The van der Waals surface area contributed by atoms with E-state index < -0.39 is 30.0 Å². The molecule has 0 spiro atoms. The molecule has 2 fully saturated rings. The lowest BCUT2D eigenvalue weighted by molar-refractivity contribution is -0.171. The van der Waals surface area contributed by atoms with E-state index in [-0.39, 0.29) is 30.9 Å². The van der Waals surface area contributed by atoms with Gasteiger partial charge in [-0.15, -0.1) is 0 Å². The van der Waals surface area contributed by atoms with Gasteiger partial charge in [0.25, 0.3) is 0 Å². The van der Waals surface area contributed by atoms with Crippen molar-refractivity contribution < 1.29 is 27.5 Å². The molecule has 4 rings (SSSR count). The van der Waals surface area contributed by atoms with Crippen LogP contribution in [0.2, 0.25) is 0 Å². The Bertz CT molecular complexity index is 811. The normalized spacial score (nSPS) is 31.7. The summed E-state index contributed by atoms with van der Waals surface area (Å²) in [6.07, 6.45) is -0.995. The largest absolute Gasteiger partial charge is 0.490 e. The van der Waals surface area contributed by atoms with Gasteiger partial charge in [0.1, 0.15) is 23.8 Å². The molecule has 1 saturated heterocycles. The molecule has 1 aliphatic carbocycles. The topological polar surface area (TPSA) is 67.4 Å². The molecule has 2 N–H and O–H groups in total. The molecule has 2 aliphatic heterocycles. The Kier molecular flexibility index (Phi) is 5.21. The Morgan fingerprint density at radius 3 is 2.66 bits per heavy atom. The van der Waals surface area contributed by atoms with Crippen molar-refractivity contribution in [3.8, 4) is 5.75 Å². The molecule has 5 atom stereocenters. The number of amides is 2. The number of hydrogen-bond donors (Lipinski definition) is 2. The zero-order chi connectivity index (χ0) is 20.8. The van der Waals surface area contributed by atoms with E-state index in [0.29, 0.717) is 0 Å². The number of ether oxygens (including phenoxy) is 1. The number of carbonyl (C=O) groups excluding carboxylic acids is 2. The number of fused-ring (bicyclic) bond motifs is 2. The lowest BCUT2D eigenvalue weighted by Gasteiger charge is -2.43. The van der Waals surface area contributed by atoms with E-state index in [2.05, 4.69) is 5.32 Å². The first-order chi connectivity index (χ1) is 13.7. The van der Waals surface area contributed by atoms with Gasteiger partial charge in [-0.1, -0.05) is 18.6 Å². The fourth-order valence-corrected chi connectivity index (χ4v) is 4.79. The first-order valence-corrected chi connectivity index (χ1v) is 10.2. The van der Waals surface area contributed by atoms with Crippen molar-refractivity contribution in [3.05, 3.63) is 29.3 Å². The summed E-state index contributed by atoms with van der Waals surface area (Å²) >= 11 is 0. The van der Waals surface area contributed by atoms with Crippen molar-refractivity contribution in [2.24, 2.45) is 11.8 Å². The average Bonchev–Trinajstić information content (AvgIpc) is 2.66. The Morgan fingerprint density at radius 2 is 1.93 bits per heavy atom. The summed E-state index contributed by atoms with van der Waals surface area (Å²) in [7, 11) is 0. The maximum Gasteiger partial charge on any atom is 0.408 e. The smallest absolute Gasteiger partial charge is 0.408 e. The van der Waals surface area contributed by atoms with Crippen LogP contribution < -0.4 is 15.4 Å². The summed E-state index contributed by atoms with van der Waals surface area (Å²) in [4.78, 5) is 25.1. The van der Waals surface area contributed by atoms with Crippen LogP contribution in [-0.2, 0) is 9.59 Å². The number of benzene rings is 1. The van der Waals surface area contributed by atoms with Crippen LogP contribution in [-0.4, -0.2) is 30.1 Å². The molecular weight excluding hydrogens is 385 g/mol. The first kappa shape index (κ1) is 20.0. The highest BCUT2D eigenvalue weighted by Gasteiger charge is 2.47. The molecule has 2 unspecified atom stereocenters. The number of rotatable bonds is 2. The standard InChI is InChI=1S/C21H25F3N2O3/c1-11-6-7-13-16(10-11)29-15-5-3-2-4-12(15)18(13)26-20(28)14-8-9-17(21(22,23)24)25-19(14)27/h6-7,10,12,14-15,17-18H,2-5,8-9H2,1H3,(H,25,27)(H,26,28)/t12-,14?,15-,17?,18-/m1/s1. The fourth-order valence-electron chi connectivity index (χ4n) is 4.79. The van der Waals surface area contributed by atoms with E-state index >= 15 is 0 Å². The molecule has 8 heteroatoms. The molecule has 1 saturated carbocycles. The average molecular weight is 410 g/mol. The molecule has 1 aromatic rings. The number of piperidine rings is 1. The van der Waals surface area contributed by atoms with Crippen LogP contribution in [0.4, 0.5) is 13.2 Å². The maximum absolute atomic E-state index is 12.9. The summed E-state index contributed by atoms with van der Waals surface area (Å²) in [6.45, 7) is 1.97. The number of halogens is 3. The van der Waals surface area contributed by atoms with Gasteiger partial charge < -0.3 is 15.4 Å². The minimum Gasteiger partial charge on any atom is -0.490 e. The number of hydrogen-bond acceptors (Lipinski definition) is 3. The first-order valence-electron chi connectivity index (χ1n) is 10.2. The minimum absolute atomic E-state index is 0.00172. The zero-order valence-electron chi connectivity index (χ0n) is 16.2. The third-order valence-electron chi connectivity index (χ3n) is 6.35. The van der Waals surface area contributed by atoms with Crippen LogP contribution in [0.5, 0.6) is 5.75 Å².